The average molecular weight is 283 g/mol. The van der Waals surface area contributed by atoms with Crippen molar-refractivity contribution < 1.29 is 8.42 Å². The highest BCUT2D eigenvalue weighted by Gasteiger charge is 2.19. The summed E-state index contributed by atoms with van der Waals surface area (Å²) >= 11 is 7.02. The molecule has 0 aromatic carbocycles. The Morgan fingerprint density at radius 3 is 2.75 bits per heavy atom. The van der Waals surface area contributed by atoms with Gasteiger partial charge in [-0.2, -0.15) is 0 Å². The van der Waals surface area contributed by atoms with Crippen molar-refractivity contribution in [3.05, 3.63) is 16.6 Å². The Bertz CT molecular complexity index is 405. The molecule has 16 heavy (non-hydrogen) atoms. The molecule has 2 unspecified atom stereocenters. The zero-order valence-corrected chi connectivity index (χ0v) is 11.6. The van der Waals surface area contributed by atoms with Gasteiger partial charge in [0.1, 0.15) is 5.01 Å². The molecule has 1 aromatic heterocycles. The minimum Gasteiger partial charge on any atom is -0.248 e. The first kappa shape index (κ1) is 13.9. The lowest BCUT2D eigenvalue weighted by Gasteiger charge is -2.13. The molecule has 0 fully saturated rings. The lowest BCUT2D eigenvalue weighted by atomic mass is 10.3. The fourth-order valence-corrected chi connectivity index (χ4v) is 3.81. The molecule has 0 aliphatic carbocycles. The van der Waals surface area contributed by atoms with Crippen LogP contribution < -0.4 is 4.72 Å². The third kappa shape index (κ3) is 4.37. The monoisotopic (exact) mass is 282 g/mol. The highest BCUT2D eigenvalue weighted by atomic mass is 35.5. The second-order valence-corrected chi connectivity index (χ2v) is 6.78. The van der Waals surface area contributed by atoms with Crippen LogP contribution in [0.4, 0.5) is 0 Å². The molecular weight excluding hydrogens is 268 g/mol. The normalized spacial score (nSPS) is 15.9. The zero-order chi connectivity index (χ0) is 12.2. The molecule has 1 N–H and O–H groups in total. The SMILES string of the molecule is CC(CCl)CS(=O)(=O)NC(C)c1nccs1. The van der Waals surface area contributed by atoms with Gasteiger partial charge < -0.3 is 0 Å². The van der Waals surface area contributed by atoms with E-state index in [4.69, 9.17) is 11.6 Å². The Morgan fingerprint density at radius 1 is 1.56 bits per heavy atom. The summed E-state index contributed by atoms with van der Waals surface area (Å²) in [6.07, 6.45) is 1.66. The van der Waals surface area contributed by atoms with Crippen LogP contribution in [0.25, 0.3) is 0 Å². The molecule has 0 aliphatic rings. The summed E-state index contributed by atoms with van der Waals surface area (Å²) in [7, 11) is -3.29. The highest BCUT2D eigenvalue weighted by molar-refractivity contribution is 7.89. The lowest BCUT2D eigenvalue weighted by Crippen LogP contribution is -2.31. The molecule has 4 nitrogen and oxygen atoms in total. The van der Waals surface area contributed by atoms with Crippen molar-refractivity contribution in [2.45, 2.75) is 19.9 Å². The van der Waals surface area contributed by atoms with Gasteiger partial charge >= 0.3 is 0 Å². The maximum Gasteiger partial charge on any atom is 0.212 e. The van der Waals surface area contributed by atoms with E-state index in [1.54, 1.807) is 20.0 Å². The fourth-order valence-electron chi connectivity index (χ4n) is 1.24. The molecule has 7 heteroatoms. The van der Waals surface area contributed by atoms with Crippen molar-refractivity contribution in [1.29, 1.82) is 0 Å². The molecule has 92 valence electrons. The molecule has 0 amide bonds. The molecule has 0 bridgehead atoms. The molecule has 1 heterocycles. The molecule has 0 aliphatic heterocycles. The molecule has 1 aromatic rings. The van der Waals surface area contributed by atoms with Gasteiger partial charge in [0.15, 0.2) is 0 Å². The van der Waals surface area contributed by atoms with Crippen molar-refractivity contribution in [3.63, 3.8) is 0 Å². The summed E-state index contributed by atoms with van der Waals surface area (Å²) in [4.78, 5) is 4.07. The third-order valence-corrected chi connectivity index (χ3v) is 5.15. The maximum atomic E-state index is 11.7. The van der Waals surface area contributed by atoms with Crippen molar-refractivity contribution in [1.82, 2.24) is 9.71 Å². The summed E-state index contributed by atoms with van der Waals surface area (Å²) in [5.41, 5.74) is 0. The van der Waals surface area contributed by atoms with Crippen LogP contribution in [0.1, 0.15) is 24.9 Å². The smallest absolute Gasteiger partial charge is 0.212 e. The van der Waals surface area contributed by atoms with Crippen LogP contribution >= 0.6 is 22.9 Å². The first-order valence-corrected chi connectivity index (χ1v) is 7.96. The lowest BCUT2D eigenvalue weighted by molar-refractivity contribution is 0.554. The second-order valence-electron chi connectivity index (χ2n) is 3.75. The number of sulfonamides is 1. The van der Waals surface area contributed by atoms with E-state index in [0.717, 1.165) is 5.01 Å². The highest BCUT2D eigenvalue weighted by Crippen LogP contribution is 2.16. The minimum absolute atomic E-state index is 0.0478. The van der Waals surface area contributed by atoms with Gasteiger partial charge in [-0.15, -0.1) is 22.9 Å². The Kier molecular flexibility index (Phi) is 5.17. The minimum atomic E-state index is -3.29. The van der Waals surface area contributed by atoms with E-state index in [1.807, 2.05) is 5.38 Å². The Balaban J connectivity index is 2.59. The maximum absolute atomic E-state index is 11.7. The van der Waals surface area contributed by atoms with Crippen LogP contribution in [0.5, 0.6) is 0 Å². The summed E-state index contributed by atoms with van der Waals surface area (Å²) < 4.78 is 26.0. The number of hydrogen-bond donors (Lipinski definition) is 1. The molecule has 1 rings (SSSR count). The Hall–Kier alpha value is -0.170. The van der Waals surface area contributed by atoms with E-state index < -0.39 is 10.0 Å². The van der Waals surface area contributed by atoms with E-state index in [0.29, 0.717) is 5.88 Å². The standard InChI is InChI=1S/C9H15ClN2O2S2/c1-7(5-10)6-16(13,14)12-8(2)9-11-3-4-15-9/h3-4,7-8,12H,5-6H2,1-2H3. The van der Waals surface area contributed by atoms with Gasteiger partial charge in [-0.25, -0.2) is 18.1 Å². The van der Waals surface area contributed by atoms with Gasteiger partial charge in [0.2, 0.25) is 10.0 Å². The van der Waals surface area contributed by atoms with E-state index in [9.17, 15) is 8.42 Å². The van der Waals surface area contributed by atoms with Gasteiger partial charge in [0.25, 0.3) is 0 Å². The number of aromatic nitrogens is 1. The predicted molar refractivity (Wildman–Crippen MR) is 67.3 cm³/mol. The molecular formula is C9H15ClN2O2S2. The van der Waals surface area contributed by atoms with Crippen LogP contribution in [0.2, 0.25) is 0 Å². The van der Waals surface area contributed by atoms with Gasteiger partial charge in [-0.1, -0.05) is 6.92 Å². The quantitative estimate of drug-likeness (QED) is 0.812. The van der Waals surface area contributed by atoms with Crippen LogP contribution in [0, 0.1) is 5.92 Å². The Morgan fingerprint density at radius 2 is 2.25 bits per heavy atom. The Labute approximate surface area is 105 Å². The number of nitrogens with zero attached hydrogens (tertiary/aromatic N) is 1. The summed E-state index contributed by atoms with van der Waals surface area (Å²) in [6, 6.07) is -0.285. The van der Waals surface area contributed by atoms with Crippen molar-refractivity contribution in [2.75, 3.05) is 11.6 Å². The number of hydrogen-bond acceptors (Lipinski definition) is 4. The summed E-state index contributed by atoms with van der Waals surface area (Å²) in [6.45, 7) is 3.59. The number of nitrogens with one attached hydrogen (secondary N) is 1. The van der Waals surface area contributed by atoms with Crippen molar-refractivity contribution in [3.8, 4) is 0 Å². The van der Waals surface area contributed by atoms with Gasteiger partial charge in [0, 0.05) is 17.5 Å². The predicted octanol–water partition coefficient (Wildman–Crippen LogP) is 2.00. The topological polar surface area (TPSA) is 59.1 Å². The van der Waals surface area contributed by atoms with Gasteiger partial charge in [-0.05, 0) is 12.8 Å². The third-order valence-electron chi connectivity index (χ3n) is 1.95. The van der Waals surface area contributed by atoms with Crippen LogP contribution in [0.15, 0.2) is 11.6 Å². The number of alkyl halides is 1. The van der Waals surface area contributed by atoms with E-state index in [1.165, 1.54) is 11.3 Å². The molecule has 2 atom stereocenters. The average Bonchev–Trinajstić information content (AvgIpc) is 2.68. The van der Waals surface area contributed by atoms with E-state index >= 15 is 0 Å². The first-order chi connectivity index (χ1) is 7.44. The summed E-state index contributed by atoms with van der Waals surface area (Å²) in [5, 5.41) is 2.59. The first-order valence-electron chi connectivity index (χ1n) is 4.90. The van der Waals surface area contributed by atoms with E-state index in [2.05, 4.69) is 9.71 Å². The fraction of sp³-hybridized carbons (Fsp3) is 0.667. The van der Waals surface area contributed by atoms with Crippen LogP contribution in [0.3, 0.4) is 0 Å². The van der Waals surface area contributed by atoms with Crippen LogP contribution in [-0.2, 0) is 10.0 Å². The van der Waals surface area contributed by atoms with E-state index in [-0.39, 0.29) is 17.7 Å². The van der Waals surface area contributed by atoms with Gasteiger partial charge in [0.05, 0.1) is 11.8 Å². The summed E-state index contributed by atoms with van der Waals surface area (Å²) in [5.74, 6) is 0.335. The van der Waals surface area contributed by atoms with Crippen LogP contribution in [-0.4, -0.2) is 25.0 Å². The second kappa shape index (κ2) is 5.95. The van der Waals surface area contributed by atoms with Crippen molar-refractivity contribution in [2.24, 2.45) is 5.92 Å². The molecule has 0 radical (unpaired) electrons. The molecule has 0 saturated carbocycles. The molecule has 0 spiro atoms. The van der Waals surface area contributed by atoms with Crippen molar-refractivity contribution >= 4 is 33.0 Å². The zero-order valence-electron chi connectivity index (χ0n) is 9.18. The number of thiazole rings is 1. The number of halogens is 1. The molecule has 0 saturated heterocycles. The number of rotatable bonds is 6. The largest absolute Gasteiger partial charge is 0.248 e. The van der Waals surface area contributed by atoms with Gasteiger partial charge in [-0.3, -0.25) is 0 Å².